The summed E-state index contributed by atoms with van der Waals surface area (Å²) in [4.78, 5) is 40.4. The van der Waals surface area contributed by atoms with Gasteiger partial charge in [-0.15, -0.1) is 0 Å². The number of amides is 3. The molecule has 0 aromatic heterocycles. The topological polar surface area (TPSA) is 69.7 Å². The van der Waals surface area contributed by atoms with Gasteiger partial charge in [0.2, 0.25) is 11.8 Å². The first-order valence-corrected chi connectivity index (χ1v) is 9.71. The molecule has 2 aromatic rings. The summed E-state index contributed by atoms with van der Waals surface area (Å²) in [6.07, 6.45) is 1.60. The van der Waals surface area contributed by atoms with Gasteiger partial charge in [0.25, 0.3) is 5.91 Å². The number of fused-ring (bicyclic) bond motifs is 1. The molecule has 7 heteroatoms. The molecule has 0 radical (unpaired) electrons. The van der Waals surface area contributed by atoms with Crippen molar-refractivity contribution >= 4 is 17.7 Å². The predicted octanol–water partition coefficient (Wildman–Crippen LogP) is 2.09. The first-order chi connectivity index (χ1) is 14.0. The molecule has 0 spiro atoms. The monoisotopic (exact) mass is 395 g/mol. The highest BCUT2D eigenvalue weighted by atomic mass is 19.1. The van der Waals surface area contributed by atoms with Crippen LogP contribution in [0.2, 0.25) is 0 Å². The van der Waals surface area contributed by atoms with Crippen molar-refractivity contribution in [2.45, 2.75) is 32.0 Å². The molecule has 4 rings (SSSR count). The smallest absolute Gasteiger partial charge is 0.251 e. The number of benzene rings is 2. The molecule has 2 saturated heterocycles. The highest BCUT2D eigenvalue weighted by Gasteiger charge is 2.41. The molecule has 2 aliphatic heterocycles. The number of nitrogens with zero attached hydrogens (tertiary/aromatic N) is 2. The highest BCUT2D eigenvalue weighted by molar-refractivity contribution is 5.95. The van der Waals surface area contributed by atoms with Crippen LogP contribution in [-0.4, -0.2) is 46.7 Å². The number of rotatable bonds is 5. The van der Waals surface area contributed by atoms with Crippen molar-refractivity contribution in [2.75, 3.05) is 13.1 Å². The Labute approximate surface area is 168 Å². The van der Waals surface area contributed by atoms with Crippen LogP contribution in [0, 0.1) is 5.82 Å². The minimum absolute atomic E-state index is 0.000414. The molecule has 2 aromatic carbocycles. The molecular formula is C22H22FN3O3. The maximum Gasteiger partial charge on any atom is 0.251 e. The van der Waals surface area contributed by atoms with Crippen molar-refractivity contribution in [3.05, 3.63) is 71.0 Å². The first kappa shape index (κ1) is 19.1. The molecule has 150 valence electrons. The molecule has 0 bridgehead atoms. The summed E-state index contributed by atoms with van der Waals surface area (Å²) in [5.74, 6) is -0.598. The van der Waals surface area contributed by atoms with Crippen LogP contribution in [0.15, 0.2) is 48.5 Å². The third-order valence-corrected chi connectivity index (χ3v) is 5.43. The molecular weight excluding hydrogens is 373 g/mol. The molecule has 0 aliphatic carbocycles. The number of carbonyl (C=O) groups excluding carboxylic acids is 3. The van der Waals surface area contributed by atoms with Crippen molar-refractivity contribution in [2.24, 2.45) is 0 Å². The quantitative estimate of drug-likeness (QED) is 0.843. The first-order valence-electron chi connectivity index (χ1n) is 9.71. The van der Waals surface area contributed by atoms with Gasteiger partial charge in [0.05, 0.1) is 0 Å². The van der Waals surface area contributed by atoms with Crippen molar-refractivity contribution in [1.29, 1.82) is 0 Å². The SMILES string of the molecule is O=C(NCc1cccc(F)c1)c1ccc(CN2CC(=O)N3CCCC3C2=O)cc1. The van der Waals surface area contributed by atoms with E-state index in [4.69, 9.17) is 0 Å². The Morgan fingerprint density at radius 1 is 1.10 bits per heavy atom. The lowest BCUT2D eigenvalue weighted by atomic mass is 10.1. The maximum atomic E-state index is 13.2. The Kier molecular flexibility index (Phi) is 5.29. The van der Waals surface area contributed by atoms with Crippen molar-refractivity contribution in [3.63, 3.8) is 0 Å². The van der Waals surface area contributed by atoms with Gasteiger partial charge in [-0.1, -0.05) is 24.3 Å². The zero-order valence-corrected chi connectivity index (χ0v) is 15.9. The van der Waals surface area contributed by atoms with Crippen LogP contribution in [0.1, 0.15) is 34.3 Å². The van der Waals surface area contributed by atoms with E-state index in [1.54, 1.807) is 46.2 Å². The number of piperazine rings is 1. The lowest BCUT2D eigenvalue weighted by molar-refractivity contribution is -0.154. The Morgan fingerprint density at radius 3 is 2.66 bits per heavy atom. The predicted molar refractivity (Wildman–Crippen MR) is 104 cm³/mol. The van der Waals surface area contributed by atoms with Crippen LogP contribution in [-0.2, 0) is 22.7 Å². The standard InChI is InChI=1S/C22H22FN3O3/c23-18-4-1-3-16(11-18)12-24-21(28)17-8-6-15(7-9-17)13-25-14-20(27)26-10-2-5-19(26)22(25)29/h1,3-4,6-9,11,19H,2,5,10,12-14H2,(H,24,28). The van der Waals surface area contributed by atoms with Gasteiger partial charge in [-0.2, -0.15) is 0 Å². The molecule has 3 amide bonds. The Balaban J connectivity index is 1.35. The second-order valence-electron chi connectivity index (χ2n) is 7.45. The largest absolute Gasteiger partial charge is 0.348 e. The Hall–Kier alpha value is -3.22. The number of nitrogens with one attached hydrogen (secondary N) is 1. The lowest BCUT2D eigenvalue weighted by Gasteiger charge is -2.36. The third kappa shape index (κ3) is 4.13. The lowest BCUT2D eigenvalue weighted by Crippen LogP contribution is -2.56. The number of carbonyl (C=O) groups is 3. The van der Waals surface area contributed by atoms with Crippen molar-refractivity contribution in [1.82, 2.24) is 15.1 Å². The van der Waals surface area contributed by atoms with E-state index < -0.39 is 0 Å². The number of hydrogen-bond acceptors (Lipinski definition) is 3. The molecule has 2 heterocycles. The van der Waals surface area contributed by atoms with Gasteiger partial charge >= 0.3 is 0 Å². The van der Waals surface area contributed by atoms with E-state index in [-0.39, 0.29) is 42.7 Å². The maximum absolute atomic E-state index is 13.2. The highest BCUT2D eigenvalue weighted by Crippen LogP contribution is 2.24. The molecule has 6 nitrogen and oxygen atoms in total. The second kappa shape index (κ2) is 8.03. The average molecular weight is 395 g/mol. The van der Waals surface area contributed by atoms with Gasteiger partial charge in [-0.05, 0) is 48.2 Å². The van der Waals surface area contributed by atoms with Crippen molar-refractivity contribution in [3.8, 4) is 0 Å². The van der Waals surface area contributed by atoms with E-state index in [2.05, 4.69) is 5.32 Å². The molecule has 2 fully saturated rings. The summed E-state index contributed by atoms with van der Waals surface area (Å²) >= 11 is 0. The zero-order valence-electron chi connectivity index (χ0n) is 15.9. The molecule has 1 atom stereocenters. The minimum atomic E-state index is -0.340. The van der Waals surface area contributed by atoms with Crippen LogP contribution in [0.4, 0.5) is 4.39 Å². The normalized spacial score (nSPS) is 18.7. The Bertz CT molecular complexity index is 945. The fourth-order valence-electron chi connectivity index (χ4n) is 3.91. The summed E-state index contributed by atoms with van der Waals surface area (Å²) < 4.78 is 13.2. The van der Waals surface area contributed by atoms with E-state index in [1.807, 2.05) is 0 Å². The van der Waals surface area contributed by atoms with Gasteiger partial charge < -0.3 is 15.1 Å². The minimum Gasteiger partial charge on any atom is -0.348 e. The Morgan fingerprint density at radius 2 is 1.90 bits per heavy atom. The molecule has 0 saturated carbocycles. The summed E-state index contributed by atoms with van der Waals surface area (Å²) in [7, 11) is 0. The van der Waals surface area contributed by atoms with Crippen LogP contribution in [0.25, 0.3) is 0 Å². The van der Waals surface area contributed by atoms with E-state index in [1.165, 1.54) is 12.1 Å². The summed E-state index contributed by atoms with van der Waals surface area (Å²) in [6.45, 7) is 1.36. The van der Waals surface area contributed by atoms with Gasteiger partial charge in [0.1, 0.15) is 18.4 Å². The van der Waals surface area contributed by atoms with E-state index >= 15 is 0 Å². The van der Waals surface area contributed by atoms with Crippen LogP contribution in [0.3, 0.4) is 0 Å². The van der Waals surface area contributed by atoms with Crippen LogP contribution >= 0.6 is 0 Å². The van der Waals surface area contributed by atoms with E-state index in [0.717, 1.165) is 18.4 Å². The second-order valence-corrected chi connectivity index (χ2v) is 7.45. The van der Waals surface area contributed by atoms with Gasteiger partial charge in [0, 0.05) is 25.2 Å². The van der Waals surface area contributed by atoms with E-state index in [0.29, 0.717) is 24.2 Å². The van der Waals surface area contributed by atoms with Crippen molar-refractivity contribution < 1.29 is 18.8 Å². The number of hydrogen-bond donors (Lipinski definition) is 1. The zero-order chi connectivity index (χ0) is 20.4. The average Bonchev–Trinajstić information content (AvgIpc) is 3.21. The van der Waals surface area contributed by atoms with Crippen LogP contribution < -0.4 is 5.32 Å². The summed E-state index contributed by atoms with van der Waals surface area (Å²) in [6, 6.07) is 12.7. The van der Waals surface area contributed by atoms with Crippen LogP contribution in [0.5, 0.6) is 0 Å². The fraction of sp³-hybridized carbons (Fsp3) is 0.318. The third-order valence-electron chi connectivity index (χ3n) is 5.43. The molecule has 29 heavy (non-hydrogen) atoms. The van der Waals surface area contributed by atoms with E-state index in [9.17, 15) is 18.8 Å². The molecule has 2 aliphatic rings. The summed E-state index contributed by atoms with van der Waals surface area (Å²) in [5, 5.41) is 2.76. The molecule has 1 unspecified atom stereocenters. The number of halogens is 1. The molecule has 1 N–H and O–H groups in total. The van der Waals surface area contributed by atoms with Gasteiger partial charge in [-0.3, -0.25) is 14.4 Å². The fourth-order valence-corrected chi connectivity index (χ4v) is 3.91. The summed E-state index contributed by atoms with van der Waals surface area (Å²) in [5.41, 5.74) is 2.02. The van der Waals surface area contributed by atoms with Gasteiger partial charge in [-0.25, -0.2) is 4.39 Å². The van der Waals surface area contributed by atoms with Gasteiger partial charge in [0.15, 0.2) is 0 Å².